The molecule has 7 heteroatoms. The Hall–Kier alpha value is -1.43. The molecule has 0 spiro atoms. The number of halogens is 4. The summed E-state index contributed by atoms with van der Waals surface area (Å²) in [6, 6.07) is 5.51. The molecule has 0 aliphatic rings. The van der Waals surface area contributed by atoms with Crippen molar-refractivity contribution in [3.05, 3.63) is 29.8 Å². The van der Waals surface area contributed by atoms with Gasteiger partial charge < -0.3 is 10.5 Å². The van der Waals surface area contributed by atoms with Crippen LogP contribution in [0.25, 0.3) is 0 Å². The Labute approximate surface area is 103 Å². The van der Waals surface area contributed by atoms with Crippen molar-refractivity contribution in [3.63, 3.8) is 0 Å². The van der Waals surface area contributed by atoms with E-state index in [0.29, 0.717) is 12.8 Å². The smallest absolute Gasteiger partial charge is 0.406 e. The Bertz CT molecular complexity index is 365. The Balaban J connectivity index is 0.00000256. The normalized spacial score (nSPS) is 10.5. The third kappa shape index (κ3) is 6.68. The molecule has 0 saturated heterocycles. The van der Waals surface area contributed by atoms with E-state index in [-0.39, 0.29) is 24.0 Å². The lowest BCUT2D eigenvalue weighted by Crippen LogP contribution is -2.17. The van der Waals surface area contributed by atoms with Gasteiger partial charge in [-0.05, 0) is 24.1 Å². The Morgan fingerprint density at radius 3 is 2.18 bits per heavy atom. The number of amidine groups is 1. The summed E-state index contributed by atoms with van der Waals surface area (Å²) in [5.41, 5.74) is 5.97. The van der Waals surface area contributed by atoms with Crippen LogP contribution in [0.5, 0.6) is 5.75 Å². The number of nitrogens with one attached hydrogen (secondary N) is 1. The first-order valence-electron chi connectivity index (χ1n) is 4.54. The lowest BCUT2D eigenvalue weighted by molar-refractivity contribution is -0.274. The summed E-state index contributed by atoms with van der Waals surface area (Å²) in [5.74, 6) is -0.199. The Morgan fingerprint density at radius 2 is 1.76 bits per heavy atom. The number of hydrogen-bond acceptors (Lipinski definition) is 2. The van der Waals surface area contributed by atoms with Crippen molar-refractivity contribution in [3.8, 4) is 5.75 Å². The zero-order chi connectivity index (χ0) is 12.2. The average molecular weight is 269 g/mol. The van der Waals surface area contributed by atoms with Gasteiger partial charge in [0.1, 0.15) is 5.75 Å². The van der Waals surface area contributed by atoms with Crippen LogP contribution in [0, 0.1) is 5.41 Å². The SMILES string of the molecule is Cl.N=C(N)CCc1ccc(OC(F)(F)F)cc1. The van der Waals surface area contributed by atoms with Crippen molar-refractivity contribution >= 4 is 18.2 Å². The molecule has 1 rings (SSSR count). The zero-order valence-corrected chi connectivity index (χ0v) is 9.57. The number of alkyl halides is 3. The molecule has 0 aliphatic carbocycles. The van der Waals surface area contributed by atoms with Crippen molar-refractivity contribution in [2.24, 2.45) is 5.73 Å². The van der Waals surface area contributed by atoms with E-state index in [4.69, 9.17) is 11.1 Å². The van der Waals surface area contributed by atoms with Gasteiger partial charge in [0.2, 0.25) is 0 Å². The zero-order valence-electron chi connectivity index (χ0n) is 8.75. The van der Waals surface area contributed by atoms with Gasteiger partial charge in [-0.15, -0.1) is 25.6 Å². The van der Waals surface area contributed by atoms with Gasteiger partial charge in [0.15, 0.2) is 0 Å². The van der Waals surface area contributed by atoms with Gasteiger partial charge in [0, 0.05) is 6.42 Å². The fourth-order valence-electron chi connectivity index (χ4n) is 1.14. The third-order valence-corrected chi connectivity index (χ3v) is 1.84. The van der Waals surface area contributed by atoms with Crippen LogP contribution in [0.1, 0.15) is 12.0 Å². The van der Waals surface area contributed by atoms with Crippen molar-refractivity contribution < 1.29 is 17.9 Å². The second-order valence-corrected chi connectivity index (χ2v) is 3.22. The van der Waals surface area contributed by atoms with Crippen LogP contribution in [-0.2, 0) is 6.42 Å². The number of rotatable bonds is 4. The van der Waals surface area contributed by atoms with Crippen LogP contribution in [0.4, 0.5) is 13.2 Å². The molecule has 0 unspecified atom stereocenters. The highest BCUT2D eigenvalue weighted by Crippen LogP contribution is 2.22. The number of aryl methyl sites for hydroxylation is 1. The summed E-state index contributed by atoms with van der Waals surface area (Å²) in [6.45, 7) is 0. The van der Waals surface area contributed by atoms with E-state index in [1.165, 1.54) is 24.3 Å². The van der Waals surface area contributed by atoms with E-state index in [0.717, 1.165) is 5.56 Å². The van der Waals surface area contributed by atoms with Gasteiger partial charge >= 0.3 is 6.36 Å². The molecule has 0 aliphatic heterocycles. The van der Waals surface area contributed by atoms with E-state index >= 15 is 0 Å². The first-order valence-corrected chi connectivity index (χ1v) is 4.54. The predicted molar refractivity (Wildman–Crippen MR) is 60.6 cm³/mol. The molecule has 0 radical (unpaired) electrons. The van der Waals surface area contributed by atoms with Gasteiger partial charge in [0.25, 0.3) is 0 Å². The fourth-order valence-corrected chi connectivity index (χ4v) is 1.14. The maximum absolute atomic E-state index is 11.8. The molecule has 3 N–H and O–H groups in total. The minimum atomic E-state index is -4.67. The monoisotopic (exact) mass is 268 g/mol. The summed E-state index contributed by atoms with van der Waals surface area (Å²) in [6.07, 6.45) is -3.75. The largest absolute Gasteiger partial charge is 0.573 e. The van der Waals surface area contributed by atoms with E-state index in [1.807, 2.05) is 0 Å². The summed E-state index contributed by atoms with van der Waals surface area (Å²) in [5, 5.41) is 7.01. The van der Waals surface area contributed by atoms with E-state index < -0.39 is 6.36 Å². The highest BCUT2D eigenvalue weighted by Gasteiger charge is 2.30. The summed E-state index contributed by atoms with van der Waals surface area (Å²) < 4.78 is 39.2. The van der Waals surface area contributed by atoms with Gasteiger partial charge in [-0.25, -0.2) is 0 Å². The molecule has 0 aromatic heterocycles. The van der Waals surface area contributed by atoms with Crippen LogP contribution < -0.4 is 10.5 Å². The number of nitrogens with two attached hydrogens (primary N) is 1. The van der Waals surface area contributed by atoms with Crippen LogP contribution in [-0.4, -0.2) is 12.2 Å². The van der Waals surface area contributed by atoms with Gasteiger partial charge in [-0.2, -0.15) is 0 Å². The molecule has 1 aromatic rings. The lowest BCUT2D eigenvalue weighted by atomic mass is 10.1. The molecule has 0 bridgehead atoms. The molecule has 0 saturated carbocycles. The minimum absolute atomic E-state index is 0. The molecule has 1 aromatic carbocycles. The molecule has 0 fully saturated rings. The third-order valence-electron chi connectivity index (χ3n) is 1.84. The van der Waals surface area contributed by atoms with E-state index in [9.17, 15) is 13.2 Å². The second-order valence-electron chi connectivity index (χ2n) is 3.22. The summed E-state index contributed by atoms with van der Waals surface area (Å²) >= 11 is 0. The van der Waals surface area contributed by atoms with Crippen LogP contribution in [0.15, 0.2) is 24.3 Å². The summed E-state index contributed by atoms with van der Waals surface area (Å²) in [4.78, 5) is 0. The highest BCUT2D eigenvalue weighted by atomic mass is 35.5. The van der Waals surface area contributed by atoms with Crippen LogP contribution in [0.2, 0.25) is 0 Å². The number of hydrogen-bond donors (Lipinski definition) is 2. The van der Waals surface area contributed by atoms with Gasteiger partial charge in [0.05, 0.1) is 5.84 Å². The minimum Gasteiger partial charge on any atom is -0.406 e. The van der Waals surface area contributed by atoms with Gasteiger partial charge in [-0.3, -0.25) is 5.41 Å². The van der Waals surface area contributed by atoms with E-state index in [1.54, 1.807) is 0 Å². The predicted octanol–water partition coefficient (Wildman–Crippen LogP) is 2.88. The second kappa shape index (κ2) is 6.34. The first-order chi connectivity index (χ1) is 7.37. The molecule has 0 amide bonds. The fraction of sp³-hybridized carbons (Fsp3) is 0.300. The molecule has 0 heterocycles. The standard InChI is InChI=1S/C10H11F3N2O.ClH/c11-10(12,13)16-8-4-1-7(2-5-8)3-6-9(14)15;/h1-2,4-5H,3,6H2,(H3,14,15);1H. The van der Waals surface area contributed by atoms with Crippen molar-refractivity contribution in [1.29, 1.82) is 5.41 Å². The number of ether oxygens (including phenoxy) is 1. The molecule has 0 atom stereocenters. The van der Waals surface area contributed by atoms with Crippen molar-refractivity contribution in [2.75, 3.05) is 0 Å². The Morgan fingerprint density at radius 1 is 1.24 bits per heavy atom. The maximum atomic E-state index is 11.8. The first kappa shape index (κ1) is 15.6. The summed E-state index contributed by atoms with van der Waals surface area (Å²) in [7, 11) is 0. The van der Waals surface area contributed by atoms with Crippen molar-refractivity contribution in [2.45, 2.75) is 19.2 Å². The molecule has 96 valence electrons. The van der Waals surface area contributed by atoms with Crippen LogP contribution in [0.3, 0.4) is 0 Å². The topological polar surface area (TPSA) is 59.1 Å². The lowest BCUT2D eigenvalue weighted by Gasteiger charge is -2.09. The van der Waals surface area contributed by atoms with Crippen LogP contribution >= 0.6 is 12.4 Å². The van der Waals surface area contributed by atoms with Gasteiger partial charge in [-0.1, -0.05) is 12.1 Å². The quantitative estimate of drug-likeness (QED) is 0.652. The maximum Gasteiger partial charge on any atom is 0.573 e. The molecule has 3 nitrogen and oxygen atoms in total. The average Bonchev–Trinajstić information content (AvgIpc) is 2.14. The molecular weight excluding hydrogens is 257 g/mol. The number of benzene rings is 1. The Kier molecular flexibility index (Phi) is 5.81. The molecular formula is C10H12ClF3N2O. The molecule has 17 heavy (non-hydrogen) atoms. The highest BCUT2D eigenvalue weighted by molar-refractivity contribution is 5.85. The van der Waals surface area contributed by atoms with Crippen molar-refractivity contribution in [1.82, 2.24) is 0 Å². The van der Waals surface area contributed by atoms with E-state index in [2.05, 4.69) is 4.74 Å².